The van der Waals surface area contributed by atoms with Gasteiger partial charge in [-0.2, -0.15) is 0 Å². The minimum atomic E-state index is -0.814. The Morgan fingerprint density at radius 2 is 1.90 bits per heavy atom. The highest BCUT2D eigenvalue weighted by Crippen LogP contribution is 2.45. The van der Waals surface area contributed by atoms with Crippen LogP contribution in [0.5, 0.6) is 11.5 Å². The molecule has 2 rings (SSSR count). The Bertz CT molecular complexity index is 525. The topological polar surface area (TPSA) is 55.8 Å². The van der Waals surface area contributed by atoms with Gasteiger partial charge in [0.05, 0.1) is 10.9 Å². The van der Waals surface area contributed by atoms with Gasteiger partial charge in [-0.1, -0.05) is 32.4 Å². The van der Waals surface area contributed by atoms with Crippen LogP contribution in [0.15, 0.2) is 6.07 Å². The van der Waals surface area contributed by atoms with Crippen molar-refractivity contribution >= 4 is 17.6 Å². The summed E-state index contributed by atoms with van der Waals surface area (Å²) < 4.78 is 11.3. The number of rotatable bonds is 4. The highest BCUT2D eigenvalue weighted by atomic mass is 35.5. The second-order valence-electron chi connectivity index (χ2n) is 5.38. The number of halogens is 1. The average Bonchev–Trinajstić information content (AvgIpc) is 2.38. The van der Waals surface area contributed by atoms with Gasteiger partial charge in [-0.15, -0.1) is 0 Å². The fourth-order valence-electron chi connectivity index (χ4n) is 2.46. The van der Waals surface area contributed by atoms with E-state index < -0.39 is 11.9 Å². The van der Waals surface area contributed by atoms with Gasteiger partial charge in [0.1, 0.15) is 13.2 Å². The monoisotopic (exact) mass is 298 g/mol. The van der Waals surface area contributed by atoms with E-state index in [2.05, 4.69) is 13.8 Å². The van der Waals surface area contributed by atoms with Gasteiger partial charge < -0.3 is 14.6 Å². The third-order valence-electron chi connectivity index (χ3n) is 3.42. The molecule has 0 aromatic heterocycles. The van der Waals surface area contributed by atoms with Gasteiger partial charge in [0, 0.05) is 5.56 Å². The predicted molar refractivity (Wildman–Crippen MR) is 77.0 cm³/mol. The predicted octanol–water partition coefficient (Wildman–Crippen LogP) is 3.50. The molecular formula is C15H19ClO4. The van der Waals surface area contributed by atoms with Gasteiger partial charge in [-0.3, -0.25) is 4.79 Å². The first kappa shape index (κ1) is 15.0. The molecule has 0 radical (unpaired) electrons. The molecule has 1 aliphatic heterocycles. The van der Waals surface area contributed by atoms with Crippen LogP contribution in [0.1, 0.15) is 37.8 Å². The second-order valence-corrected chi connectivity index (χ2v) is 5.79. The minimum absolute atomic E-state index is 0.207. The van der Waals surface area contributed by atoms with E-state index in [9.17, 15) is 4.79 Å². The van der Waals surface area contributed by atoms with Crippen LogP contribution < -0.4 is 9.47 Å². The van der Waals surface area contributed by atoms with Gasteiger partial charge in [0.15, 0.2) is 11.5 Å². The largest absolute Gasteiger partial charge is 0.486 e. The van der Waals surface area contributed by atoms with Crippen LogP contribution in [0.2, 0.25) is 5.02 Å². The van der Waals surface area contributed by atoms with Crippen molar-refractivity contribution in [2.45, 2.75) is 33.1 Å². The Morgan fingerprint density at radius 3 is 2.45 bits per heavy atom. The molecule has 110 valence electrons. The maximum atomic E-state index is 11.1. The molecule has 20 heavy (non-hydrogen) atoms. The second kappa shape index (κ2) is 5.92. The SMILES string of the molecule is CC(Cc1cc(Cl)c2c(c1C(C)C)OCCO2)C(=O)O. The number of aliphatic carboxylic acids is 1. The summed E-state index contributed by atoms with van der Waals surface area (Å²) in [7, 11) is 0. The molecule has 0 spiro atoms. The van der Waals surface area contributed by atoms with E-state index in [1.54, 1.807) is 6.92 Å². The molecule has 0 aliphatic carbocycles. The van der Waals surface area contributed by atoms with E-state index in [1.807, 2.05) is 6.07 Å². The summed E-state index contributed by atoms with van der Waals surface area (Å²) >= 11 is 6.23. The zero-order valence-electron chi connectivity index (χ0n) is 11.9. The van der Waals surface area contributed by atoms with Crippen LogP contribution in [-0.4, -0.2) is 24.3 Å². The van der Waals surface area contributed by atoms with Crippen molar-refractivity contribution in [1.29, 1.82) is 0 Å². The Hall–Kier alpha value is -1.42. The van der Waals surface area contributed by atoms with Gasteiger partial charge >= 0.3 is 5.97 Å². The maximum Gasteiger partial charge on any atom is 0.306 e. The van der Waals surface area contributed by atoms with Gasteiger partial charge in [0.25, 0.3) is 0 Å². The van der Waals surface area contributed by atoms with Crippen molar-refractivity contribution in [2.24, 2.45) is 5.92 Å². The van der Waals surface area contributed by atoms with Gasteiger partial charge in [-0.25, -0.2) is 0 Å². The summed E-state index contributed by atoms with van der Waals surface area (Å²) in [6.45, 7) is 6.76. The fraction of sp³-hybridized carbons (Fsp3) is 0.533. The van der Waals surface area contributed by atoms with E-state index >= 15 is 0 Å². The highest BCUT2D eigenvalue weighted by molar-refractivity contribution is 6.32. The molecular weight excluding hydrogens is 280 g/mol. The minimum Gasteiger partial charge on any atom is -0.486 e. The molecule has 0 amide bonds. The third-order valence-corrected chi connectivity index (χ3v) is 3.70. The van der Waals surface area contributed by atoms with Crippen molar-refractivity contribution < 1.29 is 19.4 Å². The number of hydrogen-bond donors (Lipinski definition) is 1. The number of hydrogen-bond acceptors (Lipinski definition) is 3. The number of carboxylic acids is 1. The molecule has 0 saturated heterocycles. The van der Waals surface area contributed by atoms with Gasteiger partial charge in [-0.05, 0) is 24.0 Å². The van der Waals surface area contributed by atoms with E-state index in [-0.39, 0.29) is 5.92 Å². The molecule has 1 N–H and O–H groups in total. The van der Waals surface area contributed by atoms with Crippen LogP contribution in [0.3, 0.4) is 0 Å². The lowest BCUT2D eigenvalue weighted by Crippen LogP contribution is -2.19. The summed E-state index contributed by atoms with van der Waals surface area (Å²) in [6.07, 6.45) is 0.430. The average molecular weight is 299 g/mol. The van der Waals surface area contributed by atoms with E-state index in [4.69, 9.17) is 26.2 Å². The van der Waals surface area contributed by atoms with Crippen LogP contribution in [-0.2, 0) is 11.2 Å². The lowest BCUT2D eigenvalue weighted by molar-refractivity contribution is -0.141. The van der Waals surface area contributed by atoms with Crippen molar-refractivity contribution in [1.82, 2.24) is 0 Å². The lowest BCUT2D eigenvalue weighted by atomic mass is 9.90. The summed E-state index contributed by atoms with van der Waals surface area (Å²) in [6, 6.07) is 1.81. The number of benzene rings is 1. The molecule has 4 nitrogen and oxygen atoms in total. The quantitative estimate of drug-likeness (QED) is 0.924. The fourth-order valence-corrected chi connectivity index (χ4v) is 2.73. The smallest absolute Gasteiger partial charge is 0.306 e. The van der Waals surface area contributed by atoms with Crippen molar-refractivity contribution in [3.05, 3.63) is 22.2 Å². The summed E-state index contributed by atoms with van der Waals surface area (Å²) in [5, 5.41) is 9.57. The summed E-state index contributed by atoms with van der Waals surface area (Å²) in [5.41, 5.74) is 1.92. The number of carboxylic acid groups (broad SMARTS) is 1. The molecule has 1 aromatic rings. The van der Waals surface area contributed by atoms with Crippen LogP contribution in [0.4, 0.5) is 0 Å². The Labute approximate surface area is 123 Å². The first-order valence-corrected chi connectivity index (χ1v) is 7.13. The van der Waals surface area contributed by atoms with E-state index in [0.29, 0.717) is 36.2 Å². The summed E-state index contributed by atoms with van der Waals surface area (Å²) in [4.78, 5) is 11.1. The molecule has 0 bridgehead atoms. The van der Waals surface area contributed by atoms with Gasteiger partial charge in [0.2, 0.25) is 0 Å². The first-order valence-electron chi connectivity index (χ1n) is 6.75. The van der Waals surface area contributed by atoms with Crippen LogP contribution in [0, 0.1) is 5.92 Å². The summed E-state index contributed by atoms with van der Waals surface area (Å²) in [5.74, 6) is 0.176. The third kappa shape index (κ3) is 2.85. The molecule has 0 saturated carbocycles. The van der Waals surface area contributed by atoms with Crippen molar-refractivity contribution in [2.75, 3.05) is 13.2 Å². The molecule has 1 aliphatic rings. The highest BCUT2D eigenvalue weighted by Gasteiger charge is 2.26. The first-order chi connectivity index (χ1) is 9.41. The standard InChI is InChI=1S/C15H19ClO4/c1-8(2)12-10(6-9(3)15(17)18)7-11(16)13-14(12)20-5-4-19-13/h7-9H,4-6H2,1-3H3,(H,17,18). The Balaban J connectivity index is 2.50. The van der Waals surface area contributed by atoms with Crippen molar-refractivity contribution in [3.8, 4) is 11.5 Å². The van der Waals surface area contributed by atoms with Crippen molar-refractivity contribution in [3.63, 3.8) is 0 Å². The van der Waals surface area contributed by atoms with E-state index in [1.165, 1.54) is 0 Å². The van der Waals surface area contributed by atoms with Crippen LogP contribution in [0.25, 0.3) is 0 Å². The number of ether oxygens (including phenoxy) is 2. The Morgan fingerprint density at radius 1 is 1.30 bits per heavy atom. The molecule has 1 unspecified atom stereocenters. The van der Waals surface area contributed by atoms with Crippen LogP contribution >= 0.6 is 11.6 Å². The maximum absolute atomic E-state index is 11.1. The Kier molecular flexibility index (Phi) is 4.43. The van der Waals surface area contributed by atoms with E-state index in [0.717, 1.165) is 11.1 Å². The molecule has 1 heterocycles. The number of fused-ring (bicyclic) bond motifs is 1. The molecule has 1 atom stereocenters. The molecule has 1 aromatic carbocycles. The lowest BCUT2D eigenvalue weighted by Gasteiger charge is -2.26. The normalized spacial score (nSPS) is 15.2. The number of carbonyl (C=O) groups is 1. The molecule has 0 fully saturated rings. The molecule has 5 heteroatoms. The zero-order chi connectivity index (χ0) is 14.9. The zero-order valence-corrected chi connectivity index (χ0v) is 12.7.